The molecule has 0 aliphatic carbocycles. The standard InChI is InChI=1S/C16H19N3O/c1-12-5-14(13-3-4-19(10-13)11-20)7-15(6-12)16-8-17-18(2)9-16/h5-9,11,13H,3-4,10H2,1-2H3. The smallest absolute Gasteiger partial charge is 0.209 e. The Kier molecular flexibility index (Phi) is 3.30. The lowest BCUT2D eigenvalue weighted by Gasteiger charge is -2.13. The van der Waals surface area contributed by atoms with E-state index in [4.69, 9.17) is 0 Å². The second-order valence-corrected chi connectivity index (χ2v) is 5.62. The van der Waals surface area contributed by atoms with Gasteiger partial charge in [-0.05, 0) is 24.5 Å². The number of hydrogen-bond donors (Lipinski definition) is 0. The largest absolute Gasteiger partial charge is 0.345 e. The van der Waals surface area contributed by atoms with E-state index in [1.165, 1.54) is 16.7 Å². The van der Waals surface area contributed by atoms with Crippen LogP contribution in [0.2, 0.25) is 0 Å². The zero-order valence-corrected chi connectivity index (χ0v) is 11.9. The summed E-state index contributed by atoms with van der Waals surface area (Å²) in [5, 5.41) is 4.24. The molecule has 1 atom stereocenters. The third-order valence-electron chi connectivity index (χ3n) is 3.98. The van der Waals surface area contributed by atoms with Gasteiger partial charge in [0, 0.05) is 37.8 Å². The molecule has 1 aromatic heterocycles. The van der Waals surface area contributed by atoms with Crippen LogP contribution in [0.4, 0.5) is 0 Å². The topological polar surface area (TPSA) is 38.1 Å². The van der Waals surface area contributed by atoms with E-state index in [2.05, 4.69) is 30.2 Å². The summed E-state index contributed by atoms with van der Waals surface area (Å²) in [7, 11) is 1.93. The highest BCUT2D eigenvalue weighted by atomic mass is 16.1. The van der Waals surface area contributed by atoms with Crippen molar-refractivity contribution in [3.63, 3.8) is 0 Å². The minimum atomic E-state index is 0.454. The van der Waals surface area contributed by atoms with Crippen LogP contribution in [0, 0.1) is 6.92 Å². The van der Waals surface area contributed by atoms with Crippen molar-refractivity contribution in [1.82, 2.24) is 14.7 Å². The van der Waals surface area contributed by atoms with Crippen LogP contribution in [0.5, 0.6) is 0 Å². The first kappa shape index (κ1) is 12.9. The average molecular weight is 269 g/mol. The highest BCUT2D eigenvalue weighted by molar-refractivity contribution is 5.64. The molecule has 3 rings (SSSR count). The SMILES string of the molecule is Cc1cc(-c2cnn(C)c2)cc(C2CCN(C=O)C2)c1. The molecule has 1 saturated heterocycles. The van der Waals surface area contributed by atoms with Gasteiger partial charge in [0.05, 0.1) is 6.20 Å². The molecule has 1 aliphatic rings. The normalized spacial score (nSPS) is 18.5. The summed E-state index contributed by atoms with van der Waals surface area (Å²) < 4.78 is 1.82. The summed E-state index contributed by atoms with van der Waals surface area (Å²) in [6.45, 7) is 3.82. The second kappa shape index (κ2) is 5.12. The average Bonchev–Trinajstić information content (AvgIpc) is 3.06. The summed E-state index contributed by atoms with van der Waals surface area (Å²) >= 11 is 0. The first-order valence-electron chi connectivity index (χ1n) is 6.95. The molecule has 20 heavy (non-hydrogen) atoms. The van der Waals surface area contributed by atoms with Gasteiger partial charge in [0.15, 0.2) is 0 Å². The van der Waals surface area contributed by atoms with Crippen LogP contribution in [0.3, 0.4) is 0 Å². The third-order valence-corrected chi connectivity index (χ3v) is 3.98. The molecular weight excluding hydrogens is 250 g/mol. The predicted molar refractivity (Wildman–Crippen MR) is 78.4 cm³/mol. The van der Waals surface area contributed by atoms with Gasteiger partial charge in [-0.2, -0.15) is 5.10 Å². The van der Waals surface area contributed by atoms with Crippen LogP contribution in [0.25, 0.3) is 11.1 Å². The van der Waals surface area contributed by atoms with Crippen LogP contribution in [-0.2, 0) is 11.8 Å². The van der Waals surface area contributed by atoms with E-state index >= 15 is 0 Å². The van der Waals surface area contributed by atoms with Crippen molar-refractivity contribution in [2.24, 2.45) is 7.05 Å². The Bertz CT molecular complexity index is 632. The molecule has 1 aliphatic heterocycles. The lowest BCUT2D eigenvalue weighted by atomic mass is 9.93. The minimum Gasteiger partial charge on any atom is -0.345 e. The number of likely N-dealkylation sites (tertiary alicyclic amines) is 1. The maximum absolute atomic E-state index is 10.9. The summed E-state index contributed by atoms with van der Waals surface area (Å²) in [6.07, 6.45) is 5.93. The summed E-state index contributed by atoms with van der Waals surface area (Å²) in [5.74, 6) is 0.454. The molecular formula is C16H19N3O. The number of benzene rings is 1. The van der Waals surface area contributed by atoms with Gasteiger partial charge < -0.3 is 4.90 Å². The van der Waals surface area contributed by atoms with Gasteiger partial charge in [-0.1, -0.05) is 23.8 Å². The van der Waals surface area contributed by atoms with Crippen molar-refractivity contribution in [3.8, 4) is 11.1 Å². The number of carbonyl (C=O) groups excluding carboxylic acids is 1. The number of hydrogen-bond acceptors (Lipinski definition) is 2. The van der Waals surface area contributed by atoms with Gasteiger partial charge in [-0.15, -0.1) is 0 Å². The summed E-state index contributed by atoms with van der Waals surface area (Å²) in [5.41, 5.74) is 4.93. The molecule has 2 aromatic rings. The van der Waals surface area contributed by atoms with Crippen molar-refractivity contribution in [1.29, 1.82) is 0 Å². The van der Waals surface area contributed by atoms with E-state index in [1.54, 1.807) is 0 Å². The molecule has 0 spiro atoms. The summed E-state index contributed by atoms with van der Waals surface area (Å²) in [6, 6.07) is 6.66. The van der Waals surface area contributed by atoms with Crippen LogP contribution in [0.1, 0.15) is 23.5 Å². The van der Waals surface area contributed by atoms with Crippen LogP contribution in [0.15, 0.2) is 30.6 Å². The zero-order valence-electron chi connectivity index (χ0n) is 11.9. The van der Waals surface area contributed by atoms with E-state index in [1.807, 2.05) is 29.0 Å². The first-order chi connectivity index (χ1) is 9.65. The van der Waals surface area contributed by atoms with Crippen molar-refractivity contribution >= 4 is 6.41 Å². The molecule has 4 heteroatoms. The molecule has 1 aromatic carbocycles. The predicted octanol–water partition coefficient (Wildman–Crippen LogP) is 2.34. The van der Waals surface area contributed by atoms with Crippen molar-refractivity contribution in [2.75, 3.05) is 13.1 Å². The number of nitrogens with zero attached hydrogens (tertiary/aromatic N) is 3. The van der Waals surface area contributed by atoms with Gasteiger partial charge in [-0.3, -0.25) is 9.48 Å². The van der Waals surface area contributed by atoms with Crippen LogP contribution < -0.4 is 0 Å². The Labute approximate surface area is 119 Å². The van der Waals surface area contributed by atoms with E-state index < -0.39 is 0 Å². The fourth-order valence-corrected chi connectivity index (χ4v) is 2.94. The van der Waals surface area contributed by atoms with Gasteiger partial charge >= 0.3 is 0 Å². The zero-order chi connectivity index (χ0) is 14.1. The Morgan fingerprint density at radius 1 is 1.30 bits per heavy atom. The quantitative estimate of drug-likeness (QED) is 0.802. The lowest BCUT2D eigenvalue weighted by Crippen LogP contribution is -2.17. The van der Waals surface area contributed by atoms with Gasteiger partial charge in [0.1, 0.15) is 0 Å². The van der Waals surface area contributed by atoms with Crippen molar-refractivity contribution in [2.45, 2.75) is 19.3 Å². The fraction of sp³-hybridized carbons (Fsp3) is 0.375. The van der Waals surface area contributed by atoms with Crippen molar-refractivity contribution in [3.05, 3.63) is 41.7 Å². The highest BCUT2D eigenvalue weighted by Crippen LogP contribution is 2.30. The molecule has 0 radical (unpaired) electrons. The van der Waals surface area contributed by atoms with Crippen LogP contribution in [-0.4, -0.2) is 34.2 Å². The number of aromatic nitrogens is 2. The van der Waals surface area contributed by atoms with Crippen molar-refractivity contribution < 1.29 is 4.79 Å². The second-order valence-electron chi connectivity index (χ2n) is 5.62. The molecule has 1 fully saturated rings. The molecule has 0 bridgehead atoms. The first-order valence-corrected chi connectivity index (χ1v) is 6.95. The maximum atomic E-state index is 10.9. The molecule has 1 unspecified atom stereocenters. The van der Waals surface area contributed by atoms with Gasteiger partial charge in [0.25, 0.3) is 0 Å². The van der Waals surface area contributed by atoms with E-state index in [9.17, 15) is 4.79 Å². The fourth-order valence-electron chi connectivity index (χ4n) is 2.94. The number of rotatable bonds is 3. The van der Waals surface area contributed by atoms with E-state index in [0.29, 0.717) is 5.92 Å². The lowest BCUT2D eigenvalue weighted by molar-refractivity contribution is -0.117. The Balaban J connectivity index is 1.93. The van der Waals surface area contributed by atoms with E-state index in [0.717, 1.165) is 31.5 Å². The Morgan fingerprint density at radius 3 is 2.80 bits per heavy atom. The number of aryl methyl sites for hydroxylation is 2. The molecule has 1 amide bonds. The monoisotopic (exact) mass is 269 g/mol. The Morgan fingerprint density at radius 2 is 2.15 bits per heavy atom. The molecule has 104 valence electrons. The summed E-state index contributed by atoms with van der Waals surface area (Å²) in [4.78, 5) is 12.7. The highest BCUT2D eigenvalue weighted by Gasteiger charge is 2.23. The number of amides is 1. The maximum Gasteiger partial charge on any atom is 0.209 e. The van der Waals surface area contributed by atoms with Gasteiger partial charge in [0.2, 0.25) is 6.41 Å². The Hall–Kier alpha value is -2.10. The van der Waals surface area contributed by atoms with Gasteiger partial charge in [-0.25, -0.2) is 0 Å². The molecule has 0 saturated carbocycles. The minimum absolute atomic E-state index is 0.454. The third kappa shape index (κ3) is 2.46. The molecule has 2 heterocycles. The molecule has 0 N–H and O–H groups in total. The van der Waals surface area contributed by atoms with Crippen LogP contribution >= 0.6 is 0 Å². The van der Waals surface area contributed by atoms with E-state index in [-0.39, 0.29) is 0 Å². The molecule has 4 nitrogen and oxygen atoms in total. The number of carbonyl (C=O) groups is 1.